The summed E-state index contributed by atoms with van der Waals surface area (Å²) in [6.07, 6.45) is 0.0461. The summed E-state index contributed by atoms with van der Waals surface area (Å²) in [4.78, 5) is 22.5. The van der Waals surface area contributed by atoms with E-state index in [-0.39, 0.29) is 18.0 Å². The standard InChI is InChI=1S/C12H13FN2O4/c1-7-2-10(11(15(18)19)4-9(7)13)14-5-8(6-14)3-12(16)17/h2,4,8H,3,5-6H2,1H3,(H,16,17). The third kappa shape index (κ3) is 2.64. The molecule has 1 aromatic rings. The highest BCUT2D eigenvalue weighted by Crippen LogP contribution is 2.35. The van der Waals surface area contributed by atoms with Crippen LogP contribution in [0.1, 0.15) is 12.0 Å². The number of carbonyl (C=O) groups is 1. The lowest BCUT2D eigenvalue weighted by Gasteiger charge is -2.40. The molecule has 102 valence electrons. The van der Waals surface area contributed by atoms with E-state index >= 15 is 0 Å². The summed E-state index contributed by atoms with van der Waals surface area (Å²) in [5, 5.41) is 19.6. The van der Waals surface area contributed by atoms with Gasteiger partial charge in [0.15, 0.2) is 0 Å². The van der Waals surface area contributed by atoms with E-state index < -0.39 is 16.7 Å². The number of rotatable bonds is 4. The van der Waals surface area contributed by atoms with E-state index in [0.717, 1.165) is 6.07 Å². The SMILES string of the molecule is Cc1cc(N2CC(CC(=O)O)C2)c([N+](=O)[O-])cc1F. The number of benzene rings is 1. The van der Waals surface area contributed by atoms with Gasteiger partial charge in [-0.05, 0) is 18.6 Å². The van der Waals surface area contributed by atoms with Gasteiger partial charge in [0.25, 0.3) is 5.69 Å². The summed E-state index contributed by atoms with van der Waals surface area (Å²) in [6, 6.07) is 2.35. The Morgan fingerprint density at radius 1 is 1.58 bits per heavy atom. The van der Waals surface area contributed by atoms with Crippen molar-refractivity contribution in [3.05, 3.63) is 33.6 Å². The summed E-state index contributed by atoms with van der Waals surface area (Å²) >= 11 is 0. The van der Waals surface area contributed by atoms with Crippen LogP contribution in [0.15, 0.2) is 12.1 Å². The number of carboxylic acids is 1. The molecule has 0 bridgehead atoms. The second-order valence-corrected chi connectivity index (χ2v) is 4.72. The van der Waals surface area contributed by atoms with Crippen molar-refractivity contribution in [3.8, 4) is 0 Å². The van der Waals surface area contributed by atoms with Gasteiger partial charge in [0, 0.05) is 19.0 Å². The molecule has 0 aromatic heterocycles. The van der Waals surface area contributed by atoms with Crippen LogP contribution in [0, 0.1) is 28.8 Å². The normalized spacial score (nSPS) is 15.2. The molecule has 0 saturated carbocycles. The Kier molecular flexibility index (Phi) is 3.37. The highest BCUT2D eigenvalue weighted by atomic mass is 19.1. The minimum Gasteiger partial charge on any atom is -0.481 e. The molecule has 0 amide bonds. The van der Waals surface area contributed by atoms with Crippen molar-refractivity contribution >= 4 is 17.3 Å². The maximum Gasteiger partial charge on any atom is 0.303 e. The molecule has 19 heavy (non-hydrogen) atoms. The van der Waals surface area contributed by atoms with Crippen molar-refractivity contribution < 1.29 is 19.2 Å². The second-order valence-electron chi connectivity index (χ2n) is 4.72. The van der Waals surface area contributed by atoms with Crippen molar-refractivity contribution in [2.24, 2.45) is 5.92 Å². The number of nitro benzene ring substituents is 1. The molecule has 0 spiro atoms. The molecule has 7 heteroatoms. The van der Waals surface area contributed by atoms with Crippen molar-refractivity contribution in [2.75, 3.05) is 18.0 Å². The fourth-order valence-corrected chi connectivity index (χ4v) is 2.20. The molecule has 1 fully saturated rings. The average Bonchev–Trinajstić information content (AvgIpc) is 2.25. The zero-order valence-electron chi connectivity index (χ0n) is 10.3. The predicted octanol–water partition coefficient (Wildman–Crippen LogP) is 1.95. The van der Waals surface area contributed by atoms with Gasteiger partial charge in [-0.2, -0.15) is 0 Å². The van der Waals surface area contributed by atoms with Gasteiger partial charge in [0.2, 0.25) is 0 Å². The molecule has 1 aliphatic heterocycles. The number of carboxylic acid groups (broad SMARTS) is 1. The van der Waals surface area contributed by atoms with Crippen molar-refractivity contribution in [3.63, 3.8) is 0 Å². The van der Waals surface area contributed by atoms with E-state index in [0.29, 0.717) is 24.3 Å². The third-order valence-electron chi connectivity index (χ3n) is 3.21. The second kappa shape index (κ2) is 4.83. The van der Waals surface area contributed by atoms with Crippen LogP contribution in [-0.2, 0) is 4.79 Å². The zero-order valence-corrected chi connectivity index (χ0v) is 10.3. The molecule has 0 radical (unpaired) electrons. The van der Waals surface area contributed by atoms with Crippen LogP contribution in [-0.4, -0.2) is 29.1 Å². The van der Waals surface area contributed by atoms with Crippen molar-refractivity contribution in [1.29, 1.82) is 0 Å². The Bertz CT molecular complexity index is 541. The van der Waals surface area contributed by atoms with Crippen LogP contribution in [0.5, 0.6) is 0 Å². The Hall–Kier alpha value is -2.18. The first-order valence-corrected chi connectivity index (χ1v) is 5.79. The molecule has 0 unspecified atom stereocenters. The van der Waals surface area contributed by atoms with E-state index in [2.05, 4.69) is 0 Å². The molecule has 1 aromatic carbocycles. The van der Waals surface area contributed by atoms with E-state index in [9.17, 15) is 19.3 Å². The zero-order chi connectivity index (χ0) is 14.2. The number of nitrogens with zero attached hydrogens (tertiary/aromatic N) is 2. The minimum absolute atomic E-state index is 0.0116. The highest BCUT2D eigenvalue weighted by molar-refractivity contribution is 5.69. The van der Waals surface area contributed by atoms with Crippen molar-refractivity contribution in [1.82, 2.24) is 0 Å². The minimum atomic E-state index is -0.880. The monoisotopic (exact) mass is 268 g/mol. The van der Waals surface area contributed by atoms with Gasteiger partial charge in [-0.25, -0.2) is 4.39 Å². The molecule has 1 saturated heterocycles. The quantitative estimate of drug-likeness (QED) is 0.666. The van der Waals surface area contributed by atoms with Gasteiger partial charge in [-0.15, -0.1) is 0 Å². The summed E-state index contributed by atoms with van der Waals surface area (Å²) in [7, 11) is 0. The smallest absolute Gasteiger partial charge is 0.303 e. The summed E-state index contributed by atoms with van der Waals surface area (Å²) in [5.41, 5.74) is 0.407. The molecular formula is C12H13FN2O4. The molecule has 1 N–H and O–H groups in total. The average molecular weight is 268 g/mol. The van der Waals surface area contributed by atoms with Gasteiger partial charge in [-0.1, -0.05) is 0 Å². The van der Waals surface area contributed by atoms with Crippen LogP contribution in [0.3, 0.4) is 0 Å². The van der Waals surface area contributed by atoms with E-state index in [1.165, 1.54) is 13.0 Å². The van der Waals surface area contributed by atoms with Crippen LogP contribution in [0.4, 0.5) is 15.8 Å². The van der Waals surface area contributed by atoms with E-state index in [4.69, 9.17) is 5.11 Å². The lowest BCUT2D eigenvalue weighted by Crippen LogP contribution is -2.47. The maximum absolute atomic E-state index is 13.4. The van der Waals surface area contributed by atoms with E-state index in [1.54, 1.807) is 4.90 Å². The Morgan fingerprint density at radius 3 is 2.74 bits per heavy atom. The molecular weight excluding hydrogens is 255 g/mol. The van der Waals surface area contributed by atoms with Crippen molar-refractivity contribution in [2.45, 2.75) is 13.3 Å². The first-order valence-electron chi connectivity index (χ1n) is 5.79. The first-order chi connectivity index (χ1) is 8.88. The fourth-order valence-electron chi connectivity index (χ4n) is 2.20. The van der Waals surface area contributed by atoms with Crippen LogP contribution in [0.2, 0.25) is 0 Å². The lowest BCUT2D eigenvalue weighted by atomic mass is 9.95. The van der Waals surface area contributed by atoms with Gasteiger partial charge in [0.1, 0.15) is 11.5 Å². The number of hydrogen-bond acceptors (Lipinski definition) is 4. The molecule has 1 heterocycles. The number of hydrogen-bond donors (Lipinski definition) is 1. The number of aryl methyl sites for hydroxylation is 1. The van der Waals surface area contributed by atoms with Gasteiger partial charge in [0.05, 0.1) is 17.4 Å². The summed E-state index contributed by atoms with van der Waals surface area (Å²) in [5.74, 6) is -1.50. The molecule has 6 nitrogen and oxygen atoms in total. The summed E-state index contributed by atoms with van der Waals surface area (Å²) in [6.45, 7) is 2.42. The van der Waals surface area contributed by atoms with Gasteiger partial charge >= 0.3 is 5.97 Å². The van der Waals surface area contributed by atoms with E-state index in [1.807, 2.05) is 0 Å². The largest absolute Gasteiger partial charge is 0.481 e. The topological polar surface area (TPSA) is 83.7 Å². The number of nitro groups is 1. The highest BCUT2D eigenvalue weighted by Gasteiger charge is 2.33. The molecule has 0 aliphatic carbocycles. The maximum atomic E-state index is 13.4. The predicted molar refractivity (Wildman–Crippen MR) is 65.7 cm³/mol. The number of anilines is 1. The van der Waals surface area contributed by atoms with Crippen LogP contribution < -0.4 is 4.90 Å². The Morgan fingerprint density at radius 2 is 2.21 bits per heavy atom. The van der Waals surface area contributed by atoms with Crippen LogP contribution >= 0.6 is 0 Å². The molecule has 1 aliphatic rings. The Labute approximate surface area is 108 Å². The molecule has 0 atom stereocenters. The van der Waals surface area contributed by atoms with Gasteiger partial charge < -0.3 is 10.0 Å². The van der Waals surface area contributed by atoms with Gasteiger partial charge in [-0.3, -0.25) is 14.9 Å². The molecule has 2 rings (SSSR count). The Balaban J connectivity index is 2.19. The fraction of sp³-hybridized carbons (Fsp3) is 0.417. The number of halogens is 1. The van der Waals surface area contributed by atoms with Crippen LogP contribution in [0.25, 0.3) is 0 Å². The summed E-state index contributed by atoms with van der Waals surface area (Å²) < 4.78 is 13.4. The lowest BCUT2D eigenvalue weighted by molar-refractivity contribution is -0.384. The number of aliphatic carboxylic acids is 1. The first kappa shape index (κ1) is 13.3. The third-order valence-corrected chi connectivity index (χ3v) is 3.21.